The van der Waals surface area contributed by atoms with Crippen LogP contribution in [0.5, 0.6) is 0 Å². The van der Waals surface area contributed by atoms with Crippen LogP contribution in [0.25, 0.3) is 22.2 Å². The molecule has 0 unspecified atom stereocenters. The summed E-state index contributed by atoms with van der Waals surface area (Å²) in [6.45, 7) is 0.685. The van der Waals surface area contributed by atoms with Gasteiger partial charge in [-0.05, 0) is 30.3 Å². The molecule has 4 rings (SSSR count). The molecule has 0 radical (unpaired) electrons. The van der Waals surface area contributed by atoms with Crippen molar-refractivity contribution in [3.8, 4) is 11.3 Å². The summed E-state index contributed by atoms with van der Waals surface area (Å²) in [5, 5.41) is 18.7. The summed E-state index contributed by atoms with van der Waals surface area (Å²) in [6, 6.07) is 10.1. The summed E-state index contributed by atoms with van der Waals surface area (Å²) in [5.41, 5.74) is 5.20. The zero-order valence-electron chi connectivity index (χ0n) is 11.7. The van der Waals surface area contributed by atoms with Crippen molar-refractivity contribution >= 4 is 16.6 Å². The van der Waals surface area contributed by atoms with Crippen molar-refractivity contribution in [2.45, 2.75) is 6.54 Å². The SMILES string of the molecule is c1cncc(-c2[nH]ncc2CNc2ccc3[nH]ncc3c2)c1. The number of pyridine rings is 1. The highest BCUT2D eigenvalue weighted by molar-refractivity contribution is 5.81. The molecule has 3 N–H and O–H groups in total. The van der Waals surface area contributed by atoms with Gasteiger partial charge in [-0.25, -0.2) is 0 Å². The highest BCUT2D eigenvalue weighted by atomic mass is 15.1. The standard InChI is InChI=1S/C16H14N6/c1-2-11(7-17-5-1)16-13(10-20-22-16)8-18-14-3-4-15-12(6-14)9-19-21-15/h1-7,9-10,18H,8H2,(H,19,21)(H,20,22). The predicted molar refractivity (Wildman–Crippen MR) is 85.2 cm³/mol. The third kappa shape index (κ3) is 2.31. The number of aromatic nitrogens is 5. The minimum Gasteiger partial charge on any atom is -0.381 e. The molecule has 0 aliphatic heterocycles. The Balaban J connectivity index is 1.56. The van der Waals surface area contributed by atoms with E-state index in [1.54, 1.807) is 6.20 Å². The quantitative estimate of drug-likeness (QED) is 0.539. The number of hydrogen-bond acceptors (Lipinski definition) is 4. The molecule has 6 heteroatoms. The second kappa shape index (κ2) is 5.33. The molecule has 0 bridgehead atoms. The predicted octanol–water partition coefficient (Wildman–Crippen LogP) is 2.96. The van der Waals surface area contributed by atoms with Crippen LogP contribution in [0.4, 0.5) is 5.69 Å². The van der Waals surface area contributed by atoms with Crippen LogP contribution in [0.1, 0.15) is 5.56 Å². The summed E-state index contributed by atoms with van der Waals surface area (Å²) < 4.78 is 0. The van der Waals surface area contributed by atoms with Crippen molar-refractivity contribution in [1.82, 2.24) is 25.4 Å². The second-order valence-electron chi connectivity index (χ2n) is 5.04. The van der Waals surface area contributed by atoms with E-state index in [-0.39, 0.29) is 0 Å². The van der Waals surface area contributed by atoms with E-state index in [2.05, 4.69) is 36.8 Å². The van der Waals surface area contributed by atoms with Gasteiger partial charge in [-0.15, -0.1) is 0 Å². The third-order valence-electron chi connectivity index (χ3n) is 3.59. The molecule has 0 saturated heterocycles. The lowest BCUT2D eigenvalue weighted by atomic mass is 10.1. The minimum absolute atomic E-state index is 0.685. The number of nitrogens with zero attached hydrogens (tertiary/aromatic N) is 3. The van der Waals surface area contributed by atoms with Crippen molar-refractivity contribution in [3.05, 3.63) is 60.7 Å². The first-order valence-electron chi connectivity index (χ1n) is 7.00. The maximum atomic E-state index is 4.15. The van der Waals surface area contributed by atoms with Crippen molar-refractivity contribution in [3.63, 3.8) is 0 Å². The van der Waals surface area contributed by atoms with Crippen molar-refractivity contribution < 1.29 is 0 Å². The Morgan fingerprint density at radius 1 is 1.00 bits per heavy atom. The zero-order chi connectivity index (χ0) is 14.8. The van der Waals surface area contributed by atoms with Gasteiger partial charge in [0.2, 0.25) is 0 Å². The van der Waals surface area contributed by atoms with Gasteiger partial charge >= 0.3 is 0 Å². The first-order chi connectivity index (χ1) is 10.9. The molecule has 4 aromatic rings. The number of hydrogen-bond donors (Lipinski definition) is 3. The van der Waals surface area contributed by atoms with Gasteiger partial charge in [-0.3, -0.25) is 15.2 Å². The van der Waals surface area contributed by atoms with Gasteiger partial charge in [0.15, 0.2) is 0 Å². The summed E-state index contributed by atoms with van der Waals surface area (Å²) in [7, 11) is 0. The zero-order valence-corrected chi connectivity index (χ0v) is 11.7. The van der Waals surface area contributed by atoms with Crippen molar-refractivity contribution in [1.29, 1.82) is 0 Å². The average Bonchev–Trinajstić information content (AvgIpc) is 3.22. The number of fused-ring (bicyclic) bond motifs is 1. The second-order valence-corrected chi connectivity index (χ2v) is 5.04. The van der Waals surface area contributed by atoms with Crippen LogP contribution in [0, 0.1) is 0 Å². The van der Waals surface area contributed by atoms with Crippen LogP contribution in [0.2, 0.25) is 0 Å². The molecule has 0 fully saturated rings. The lowest BCUT2D eigenvalue weighted by molar-refractivity contribution is 1.09. The largest absolute Gasteiger partial charge is 0.381 e. The normalized spacial score (nSPS) is 10.9. The van der Waals surface area contributed by atoms with Crippen molar-refractivity contribution in [2.75, 3.05) is 5.32 Å². The molecule has 0 amide bonds. The molecule has 6 nitrogen and oxygen atoms in total. The average molecular weight is 290 g/mol. The van der Waals surface area contributed by atoms with Gasteiger partial charge in [0.05, 0.1) is 23.6 Å². The molecular weight excluding hydrogens is 276 g/mol. The first-order valence-corrected chi connectivity index (χ1v) is 7.00. The molecule has 22 heavy (non-hydrogen) atoms. The van der Waals surface area contributed by atoms with E-state index in [0.29, 0.717) is 6.54 Å². The molecule has 3 aromatic heterocycles. The number of nitrogens with one attached hydrogen (secondary N) is 3. The summed E-state index contributed by atoms with van der Waals surface area (Å²) in [5.74, 6) is 0. The Kier molecular flexibility index (Phi) is 3.05. The Morgan fingerprint density at radius 3 is 2.86 bits per heavy atom. The van der Waals surface area contributed by atoms with E-state index in [1.807, 2.05) is 42.9 Å². The summed E-state index contributed by atoms with van der Waals surface area (Å²) in [6.07, 6.45) is 7.25. The van der Waals surface area contributed by atoms with Crippen LogP contribution in [-0.4, -0.2) is 25.4 Å². The van der Waals surface area contributed by atoms with E-state index in [9.17, 15) is 0 Å². The number of H-pyrrole nitrogens is 2. The Morgan fingerprint density at radius 2 is 1.95 bits per heavy atom. The van der Waals surface area contributed by atoms with E-state index in [4.69, 9.17) is 0 Å². The number of rotatable bonds is 4. The summed E-state index contributed by atoms with van der Waals surface area (Å²) >= 11 is 0. The van der Waals surface area contributed by atoms with Gasteiger partial charge in [0, 0.05) is 41.1 Å². The number of anilines is 1. The molecule has 108 valence electrons. The molecule has 0 aliphatic carbocycles. The third-order valence-corrected chi connectivity index (χ3v) is 3.59. The number of aromatic amines is 2. The molecule has 0 spiro atoms. The summed E-state index contributed by atoms with van der Waals surface area (Å²) in [4.78, 5) is 4.15. The van der Waals surface area contributed by atoms with E-state index in [0.717, 1.165) is 33.4 Å². The molecule has 1 aromatic carbocycles. The monoisotopic (exact) mass is 290 g/mol. The highest BCUT2D eigenvalue weighted by Gasteiger charge is 2.07. The highest BCUT2D eigenvalue weighted by Crippen LogP contribution is 2.22. The molecule has 0 aliphatic rings. The molecule has 0 atom stereocenters. The lowest BCUT2D eigenvalue weighted by Crippen LogP contribution is -1.99. The number of benzene rings is 1. The van der Waals surface area contributed by atoms with Gasteiger partial charge in [-0.1, -0.05) is 0 Å². The smallest absolute Gasteiger partial charge is 0.0715 e. The van der Waals surface area contributed by atoms with Crippen LogP contribution in [-0.2, 0) is 6.54 Å². The maximum absolute atomic E-state index is 4.15. The lowest BCUT2D eigenvalue weighted by Gasteiger charge is -2.07. The maximum Gasteiger partial charge on any atom is 0.0715 e. The minimum atomic E-state index is 0.685. The van der Waals surface area contributed by atoms with Gasteiger partial charge < -0.3 is 5.32 Å². The first kappa shape index (κ1) is 12.6. The van der Waals surface area contributed by atoms with E-state index >= 15 is 0 Å². The Hall–Kier alpha value is -3.15. The molecule has 0 saturated carbocycles. The molecule has 3 heterocycles. The van der Waals surface area contributed by atoms with E-state index < -0.39 is 0 Å². The van der Waals surface area contributed by atoms with Crippen LogP contribution < -0.4 is 5.32 Å². The fourth-order valence-electron chi connectivity index (χ4n) is 2.46. The van der Waals surface area contributed by atoms with Crippen LogP contribution in [0.15, 0.2) is 55.1 Å². The van der Waals surface area contributed by atoms with Gasteiger partial charge in [0.1, 0.15) is 0 Å². The van der Waals surface area contributed by atoms with Gasteiger partial charge in [-0.2, -0.15) is 10.2 Å². The fraction of sp³-hybridized carbons (Fsp3) is 0.0625. The fourth-order valence-corrected chi connectivity index (χ4v) is 2.46. The van der Waals surface area contributed by atoms with Crippen LogP contribution in [0.3, 0.4) is 0 Å². The Bertz CT molecular complexity index is 893. The Labute approximate surface area is 126 Å². The van der Waals surface area contributed by atoms with Gasteiger partial charge in [0.25, 0.3) is 0 Å². The molecular formula is C16H14N6. The van der Waals surface area contributed by atoms with E-state index in [1.165, 1.54) is 0 Å². The van der Waals surface area contributed by atoms with Crippen LogP contribution >= 0.6 is 0 Å². The topological polar surface area (TPSA) is 82.3 Å². The van der Waals surface area contributed by atoms with Crippen molar-refractivity contribution in [2.24, 2.45) is 0 Å².